The predicted molar refractivity (Wildman–Crippen MR) is 112 cm³/mol. The van der Waals surface area contributed by atoms with E-state index < -0.39 is 15.3 Å². The third-order valence-corrected chi connectivity index (χ3v) is 7.00. The third-order valence-electron chi connectivity index (χ3n) is 5.13. The topological polar surface area (TPSA) is 64.6 Å². The molecule has 1 aliphatic rings. The van der Waals surface area contributed by atoms with Crippen LogP contribution in [0, 0.1) is 0 Å². The van der Waals surface area contributed by atoms with E-state index >= 15 is 0 Å². The molecule has 1 aliphatic heterocycles. The fraction of sp³-hybridized carbons (Fsp3) is 0.455. The van der Waals surface area contributed by atoms with Crippen LogP contribution < -0.4 is 9.46 Å². The van der Waals surface area contributed by atoms with Gasteiger partial charge < -0.3 is 9.47 Å². The van der Waals surface area contributed by atoms with E-state index in [4.69, 9.17) is 9.47 Å². The lowest BCUT2D eigenvalue weighted by molar-refractivity contribution is 0.0644. The van der Waals surface area contributed by atoms with Gasteiger partial charge in [-0.3, -0.25) is 0 Å². The zero-order valence-electron chi connectivity index (χ0n) is 16.7. The molecule has 0 bridgehead atoms. The number of hydrogen-bond acceptors (Lipinski definition) is 4. The Morgan fingerprint density at radius 1 is 1.14 bits per heavy atom. The van der Waals surface area contributed by atoms with Crippen LogP contribution in [-0.4, -0.2) is 39.5 Å². The van der Waals surface area contributed by atoms with E-state index in [1.165, 1.54) is 0 Å². The Hall–Kier alpha value is -1.89. The van der Waals surface area contributed by atoms with Gasteiger partial charge in [-0.15, -0.1) is 0 Å². The second-order valence-corrected chi connectivity index (χ2v) is 9.61. The van der Waals surface area contributed by atoms with Crippen LogP contribution >= 0.6 is 0 Å². The van der Waals surface area contributed by atoms with Crippen molar-refractivity contribution in [2.45, 2.75) is 44.4 Å². The van der Waals surface area contributed by atoms with Crippen LogP contribution in [0.4, 0.5) is 0 Å². The Morgan fingerprint density at radius 3 is 2.54 bits per heavy atom. The average molecular weight is 404 g/mol. The second kappa shape index (κ2) is 9.07. The molecule has 0 unspecified atom stereocenters. The molecule has 1 N–H and O–H groups in total. The molecule has 2 atom stereocenters. The van der Waals surface area contributed by atoms with E-state index in [9.17, 15) is 8.42 Å². The van der Waals surface area contributed by atoms with Crippen molar-refractivity contribution in [3.63, 3.8) is 0 Å². The largest absolute Gasteiger partial charge is 0.493 e. The molecule has 152 valence electrons. The molecule has 0 amide bonds. The Bertz CT molecular complexity index is 878. The molecule has 0 radical (unpaired) electrons. The van der Waals surface area contributed by atoms with Crippen molar-refractivity contribution in [2.75, 3.05) is 19.8 Å². The maximum atomic E-state index is 12.3. The molecular formula is C22H29NO4S. The molecule has 1 saturated heterocycles. The third kappa shape index (κ3) is 4.74. The lowest BCUT2D eigenvalue weighted by atomic mass is 9.87. The van der Waals surface area contributed by atoms with Crippen molar-refractivity contribution >= 4 is 10.0 Å². The monoisotopic (exact) mass is 403 g/mol. The summed E-state index contributed by atoms with van der Waals surface area (Å²) in [6.07, 6.45) is 0.792. The molecule has 28 heavy (non-hydrogen) atoms. The molecule has 0 spiro atoms. The average Bonchev–Trinajstić information content (AvgIpc) is 2.69. The van der Waals surface area contributed by atoms with Crippen molar-refractivity contribution in [3.05, 3.63) is 54.1 Å². The van der Waals surface area contributed by atoms with Gasteiger partial charge in [-0.25, -0.2) is 13.1 Å². The zero-order chi connectivity index (χ0) is 20.1. The smallest absolute Gasteiger partial charge is 0.214 e. The minimum absolute atomic E-state index is 0.0958. The number of hydrogen-bond donors (Lipinski definition) is 1. The summed E-state index contributed by atoms with van der Waals surface area (Å²) in [5, 5.41) is -0.465. The molecular weight excluding hydrogens is 374 g/mol. The SMILES string of the molecule is CCOc1ccccc1-c1ccc([C@H]2CCOC[C@H]2NS(=O)(=O)C(C)C)cc1. The first kappa shape index (κ1) is 20.8. The Morgan fingerprint density at radius 2 is 1.86 bits per heavy atom. The molecule has 5 nitrogen and oxygen atoms in total. The van der Waals surface area contributed by atoms with Gasteiger partial charge in [0.1, 0.15) is 5.75 Å². The van der Waals surface area contributed by atoms with Gasteiger partial charge in [-0.2, -0.15) is 0 Å². The van der Waals surface area contributed by atoms with Gasteiger partial charge in [-0.1, -0.05) is 42.5 Å². The fourth-order valence-corrected chi connectivity index (χ4v) is 4.42. The van der Waals surface area contributed by atoms with Crippen LogP contribution in [0.3, 0.4) is 0 Å². The summed E-state index contributed by atoms with van der Waals surface area (Å²) in [6.45, 7) is 7.00. The summed E-state index contributed by atoms with van der Waals surface area (Å²) in [5.74, 6) is 0.963. The van der Waals surface area contributed by atoms with Gasteiger partial charge in [0.25, 0.3) is 0 Å². The molecule has 2 aromatic carbocycles. The molecule has 3 rings (SSSR count). The first-order valence-electron chi connectivity index (χ1n) is 9.83. The first-order valence-corrected chi connectivity index (χ1v) is 11.4. The Balaban J connectivity index is 1.83. The highest BCUT2D eigenvalue weighted by Gasteiger charge is 2.31. The minimum Gasteiger partial charge on any atom is -0.493 e. The van der Waals surface area contributed by atoms with E-state index in [1.54, 1.807) is 13.8 Å². The summed E-state index contributed by atoms with van der Waals surface area (Å²) in [5.41, 5.74) is 3.26. The van der Waals surface area contributed by atoms with Gasteiger partial charge >= 0.3 is 0 Å². The van der Waals surface area contributed by atoms with Crippen LogP contribution in [0.1, 0.15) is 38.7 Å². The number of sulfonamides is 1. The Kier molecular flexibility index (Phi) is 6.75. The summed E-state index contributed by atoms with van der Waals surface area (Å²) < 4.78 is 38.8. The number of para-hydroxylation sites is 1. The zero-order valence-corrected chi connectivity index (χ0v) is 17.5. The molecule has 2 aromatic rings. The molecule has 1 heterocycles. The van der Waals surface area contributed by atoms with Gasteiger partial charge in [0.2, 0.25) is 10.0 Å². The van der Waals surface area contributed by atoms with E-state index in [0.717, 1.165) is 28.9 Å². The molecule has 0 aromatic heterocycles. The van der Waals surface area contributed by atoms with Crippen molar-refractivity contribution in [3.8, 4) is 16.9 Å². The lowest BCUT2D eigenvalue weighted by Crippen LogP contribution is -2.47. The Labute approximate surface area is 168 Å². The number of rotatable bonds is 7. The van der Waals surface area contributed by atoms with E-state index in [0.29, 0.717) is 19.8 Å². The summed E-state index contributed by atoms with van der Waals surface area (Å²) in [4.78, 5) is 0. The highest BCUT2D eigenvalue weighted by molar-refractivity contribution is 7.90. The maximum Gasteiger partial charge on any atom is 0.214 e. The van der Waals surface area contributed by atoms with E-state index in [2.05, 4.69) is 29.0 Å². The predicted octanol–water partition coefficient (Wildman–Crippen LogP) is 3.95. The normalized spacial score (nSPS) is 20.3. The minimum atomic E-state index is -3.35. The van der Waals surface area contributed by atoms with Crippen molar-refractivity contribution in [1.82, 2.24) is 4.72 Å². The lowest BCUT2D eigenvalue weighted by Gasteiger charge is -2.33. The van der Waals surface area contributed by atoms with Crippen LogP contribution in [0.15, 0.2) is 48.5 Å². The van der Waals surface area contributed by atoms with Gasteiger partial charge in [0.15, 0.2) is 0 Å². The molecule has 0 aliphatic carbocycles. The molecule has 0 saturated carbocycles. The number of benzene rings is 2. The van der Waals surface area contributed by atoms with Gasteiger partial charge in [-0.05, 0) is 44.4 Å². The summed E-state index contributed by atoms with van der Waals surface area (Å²) in [7, 11) is -3.35. The standard InChI is InChI=1S/C22H29NO4S/c1-4-27-22-8-6-5-7-20(22)18-11-9-17(10-12-18)19-13-14-26-15-21(19)23-28(24,25)16(2)3/h5-12,16,19,21,23H,4,13-15H2,1-3H3/t19-,21-/m1/s1. The maximum absolute atomic E-state index is 12.3. The number of ether oxygens (including phenoxy) is 2. The van der Waals surface area contributed by atoms with E-state index in [1.807, 2.05) is 31.2 Å². The fourth-order valence-electron chi connectivity index (χ4n) is 3.50. The first-order chi connectivity index (χ1) is 13.4. The summed E-state index contributed by atoms with van der Waals surface area (Å²) in [6, 6.07) is 16.1. The van der Waals surface area contributed by atoms with Crippen LogP contribution in [0.2, 0.25) is 0 Å². The van der Waals surface area contributed by atoms with Crippen LogP contribution in [-0.2, 0) is 14.8 Å². The summed E-state index contributed by atoms with van der Waals surface area (Å²) >= 11 is 0. The van der Waals surface area contributed by atoms with Gasteiger partial charge in [0.05, 0.1) is 24.5 Å². The van der Waals surface area contributed by atoms with Crippen LogP contribution in [0.25, 0.3) is 11.1 Å². The second-order valence-electron chi connectivity index (χ2n) is 7.34. The quantitative estimate of drug-likeness (QED) is 0.760. The molecule has 6 heteroatoms. The van der Waals surface area contributed by atoms with Gasteiger partial charge in [0, 0.05) is 18.1 Å². The number of nitrogens with one attached hydrogen (secondary N) is 1. The highest BCUT2D eigenvalue weighted by Crippen LogP contribution is 2.33. The van der Waals surface area contributed by atoms with Crippen molar-refractivity contribution in [2.24, 2.45) is 0 Å². The molecule has 1 fully saturated rings. The van der Waals surface area contributed by atoms with Crippen LogP contribution in [0.5, 0.6) is 5.75 Å². The van der Waals surface area contributed by atoms with E-state index in [-0.39, 0.29) is 12.0 Å². The van der Waals surface area contributed by atoms with Crippen molar-refractivity contribution in [1.29, 1.82) is 0 Å². The van der Waals surface area contributed by atoms with Crippen molar-refractivity contribution < 1.29 is 17.9 Å². The highest BCUT2D eigenvalue weighted by atomic mass is 32.2.